The lowest BCUT2D eigenvalue weighted by Gasteiger charge is -2.13. The molecule has 13 heavy (non-hydrogen) atoms. The zero-order chi connectivity index (χ0) is 9.84. The minimum absolute atomic E-state index is 0.0326. The fourth-order valence-corrected chi connectivity index (χ4v) is 1.20. The molecular weight excluding hydrogens is 174 g/mol. The average molecular weight is 187 g/mol. The summed E-state index contributed by atoms with van der Waals surface area (Å²) in [4.78, 5) is 29.8. The molecule has 1 heterocycles. The molecule has 0 aromatic carbocycles. The van der Waals surface area contributed by atoms with E-state index < -0.39 is 0 Å². The van der Waals surface area contributed by atoms with Crippen molar-refractivity contribution in [3.8, 4) is 0 Å². The molecule has 74 valence electrons. The van der Waals surface area contributed by atoms with Gasteiger partial charge in [-0.25, -0.2) is 5.48 Å². The number of amides is 2. The molecule has 0 spiro atoms. The molecule has 1 aliphatic heterocycles. The number of nitrogens with zero attached hydrogens (tertiary/aromatic N) is 2. The van der Waals surface area contributed by atoms with E-state index in [2.05, 4.69) is 10.3 Å². The van der Waals surface area contributed by atoms with Gasteiger partial charge >= 0.3 is 0 Å². The third kappa shape index (κ3) is 2.67. The first-order chi connectivity index (χ1) is 6.13. The van der Waals surface area contributed by atoms with Gasteiger partial charge in [-0.2, -0.15) is 0 Å². The number of likely N-dealkylation sites (N-methyl/N-ethyl adjacent to an activating group) is 1. The zero-order valence-corrected chi connectivity index (χ0v) is 7.74. The van der Waals surface area contributed by atoms with E-state index in [0.29, 0.717) is 13.2 Å². The fraction of sp³-hybridized carbons (Fsp3) is 0.714. The minimum Gasteiger partial charge on any atom is -0.332 e. The molecule has 0 aromatic heterocycles. The minimum atomic E-state index is -0.245. The molecule has 0 saturated carbocycles. The van der Waals surface area contributed by atoms with E-state index in [4.69, 9.17) is 0 Å². The van der Waals surface area contributed by atoms with Gasteiger partial charge in [0.1, 0.15) is 0 Å². The third-order valence-corrected chi connectivity index (χ3v) is 1.78. The van der Waals surface area contributed by atoms with E-state index >= 15 is 0 Å². The number of carbonyl (C=O) groups excluding carboxylic acids is 2. The summed E-state index contributed by atoms with van der Waals surface area (Å²) in [5, 5.41) is 0. The zero-order valence-electron chi connectivity index (χ0n) is 7.74. The molecule has 1 aliphatic rings. The Morgan fingerprint density at radius 2 is 2.38 bits per heavy atom. The highest BCUT2D eigenvalue weighted by molar-refractivity contribution is 5.82. The van der Waals surface area contributed by atoms with Gasteiger partial charge < -0.3 is 4.90 Å². The molecule has 0 bridgehead atoms. The van der Waals surface area contributed by atoms with Crippen LogP contribution in [-0.2, 0) is 14.4 Å². The first kappa shape index (κ1) is 9.94. The lowest BCUT2D eigenvalue weighted by atomic mass is 10.5. The van der Waals surface area contributed by atoms with Gasteiger partial charge in [-0.3, -0.25) is 19.3 Å². The summed E-state index contributed by atoms with van der Waals surface area (Å²) in [6.07, 6.45) is 0. The van der Waals surface area contributed by atoms with Gasteiger partial charge in [-0.15, -0.1) is 0 Å². The largest absolute Gasteiger partial charge is 0.332 e. The summed E-state index contributed by atoms with van der Waals surface area (Å²) < 4.78 is 0. The number of rotatable bonds is 3. The van der Waals surface area contributed by atoms with Gasteiger partial charge in [0.25, 0.3) is 5.91 Å². The highest BCUT2D eigenvalue weighted by atomic mass is 16.6. The Balaban J connectivity index is 2.31. The molecule has 6 nitrogen and oxygen atoms in total. The van der Waals surface area contributed by atoms with E-state index in [0.717, 1.165) is 0 Å². The van der Waals surface area contributed by atoms with E-state index in [-0.39, 0.29) is 18.4 Å². The van der Waals surface area contributed by atoms with Gasteiger partial charge in [0, 0.05) is 7.05 Å². The molecule has 0 radical (unpaired) electrons. The van der Waals surface area contributed by atoms with E-state index in [9.17, 15) is 9.59 Å². The second-order valence-electron chi connectivity index (χ2n) is 2.95. The Labute approximate surface area is 76.4 Å². The van der Waals surface area contributed by atoms with Crippen LogP contribution in [0.1, 0.15) is 0 Å². The molecule has 1 fully saturated rings. The van der Waals surface area contributed by atoms with Gasteiger partial charge in [-0.1, -0.05) is 0 Å². The second kappa shape index (κ2) is 4.20. The maximum atomic E-state index is 11.0. The standard InChI is InChI=1S/C7H13N3O3/c1-9-5-10(4-7(9)12)3-6(11)8-13-2/h3-5H2,1-2H3,(H,8,11). The van der Waals surface area contributed by atoms with Crippen molar-refractivity contribution >= 4 is 11.8 Å². The summed E-state index contributed by atoms with van der Waals surface area (Å²) in [6, 6.07) is 0. The van der Waals surface area contributed by atoms with Crippen LogP contribution in [0.2, 0.25) is 0 Å². The summed E-state index contributed by atoms with van der Waals surface area (Å²) in [5.74, 6) is -0.212. The van der Waals surface area contributed by atoms with Crippen LogP contribution < -0.4 is 5.48 Å². The predicted octanol–water partition coefficient (Wildman–Crippen LogP) is -1.60. The monoisotopic (exact) mass is 187 g/mol. The highest BCUT2D eigenvalue weighted by Crippen LogP contribution is 2.02. The fourth-order valence-electron chi connectivity index (χ4n) is 1.20. The van der Waals surface area contributed by atoms with Crippen molar-refractivity contribution in [3.05, 3.63) is 0 Å². The van der Waals surface area contributed by atoms with Crippen molar-refractivity contribution < 1.29 is 14.4 Å². The van der Waals surface area contributed by atoms with E-state index in [1.54, 1.807) is 16.8 Å². The third-order valence-electron chi connectivity index (χ3n) is 1.78. The molecule has 0 aromatic rings. The Kier molecular flexibility index (Phi) is 3.21. The van der Waals surface area contributed by atoms with Crippen LogP contribution in [0, 0.1) is 0 Å². The molecule has 1 rings (SSSR count). The average Bonchev–Trinajstić information content (AvgIpc) is 2.31. The van der Waals surface area contributed by atoms with Crippen molar-refractivity contribution in [2.75, 3.05) is 33.9 Å². The van der Waals surface area contributed by atoms with Crippen molar-refractivity contribution in [1.29, 1.82) is 0 Å². The van der Waals surface area contributed by atoms with Crippen LogP contribution >= 0.6 is 0 Å². The molecule has 0 atom stereocenters. The number of nitrogens with one attached hydrogen (secondary N) is 1. The SMILES string of the molecule is CONC(=O)CN1CC(=O)N(C)C1. The normalized spacial score (nSPS) is 18.0. The number of hydrogen-bond donors (Lipinski definition) is 1. The first-order valence-corrected chi connectivity index (χ1v) is 3.91. The van der Waals surface area contributed by atoms with Crippen LogP contribution in [0.4, 0.5) is 0 Å². The van der Waals surface area contributed by atoms with E-state index in [1.807, 2.05) is 0 Å². The summed E-state index contributed by atoms with van der Waals surface area (Å²) >= 11 is 0. The van der Waals surface area contributed by atoms with Crippen molar-refractivity contribution in [2.24, 2.45) is 0 Å². The quantitative estimate of drug-likeness (QED) is 0.540. The number of hydroxylamine groups is 1. The van der Waals surface area contributed by atoms with Crippen LogP contribution in [0.3, 0.4) is 0 Å². The molecule has 6 heteroatoms. The molecule has 1 N–H and O–H groups in total. The Bertz CT molecular complexity index is 219. The molecular formula is C7H13N3O3. The Hall–Kier alpha value is -1.14. The molecule has 0 unspecified atom stereocenters. The van der Waals surface area contributed by atoms with Crippen molar-refractivity contribution in [3.63, 3.8) is 0 Å². The lowest BCUT2D eigenvalue weighted by molar-refractivity contribution is -0.132. The maximum absolute atomic E-state index is 11.0. The summed E-state index contributed by atoms with van der Waals surface area (Å²) in [7, 11) is 3.08. The lowest BCUT2D eigenvalue weighted by Crippen LogP contribution is -2.36. The number of hydrogen-bond acceptors (Lipinski definition) is 4. The van der Waals surface area contributed by atoms with Crippen LogP contribution in [0.25, 0.3) is 0 Å². The highest BCUT2D eigenvalue weighted by Gasteiger charge is 2.25. The van der Waals surface area contributed by atoms with Crippen molar-refractivity contribution in [1.82, 2.24) is 15.3 Å². The van der Waals surface area contributed by atoms with Gasteiger partial charge in [0.05, 0.1) is 26.9 Å². The van der Waals surface area contributed by atoms with Gasteiger partial charge in [-0.05, 0) is 0 Å². The van der Waals surface area contributed by atoms with Crippen LogP contribution in [0.15, 0.2) is 0 Å². The number of carbonyl (C=O) groups is 2. The molecule has 0 aliphatic carbocycles. The van der Waals surface area contributed by atoms with Crippen molar-refractivity contribution in [2.45, 2.75) is 0 Å². The van der Waals surface area contributed by atoms with Crippen LogP contribution in [-0.4, -0.2) is 55.5 Å². The molecule has 2 amide bonds. The topological polar surface area (TPSA) is 61.9 Å². The summed E-state index contributed by atoms with van der Waals surface area (Å²) in [5.41, 5.74) is 2.19. The Morgan fingerprint density at radius 1 is 1.69 bits per heavy atom. The first-order valence-electron chi connectivity index (χ1n) is 3.91. The summed E-state index contributed by atoms with van der Waals surface area (Å²) in [6.45, 7) is 0.980. The van der Waals surface area contributed by atoms with E-state index in [1.165, 1.54) is 7.11 Å². The van der Waals surface area contributed by atoms with Gasteiger partial charge in [0.2, 0.25) is 5.91 Å². The maximum Gasteiger partial charge on any atom is 0.257 e. The molecule has 1 saturated heterocycles. The Morgan fingerprint density at radius 3 is 2.85 bits per heavy atom. The smallest absolute Gasteiger partial charge is 0.257 e. The predicted molar refractivity (Wildman–Crippen MR) is 44.4 cm³/mol. The second-order valence-corrected chi connectivity index (χ2v) is 2.95. The van der Waals surface area contributed by atoms with Crippen LogP contribution in [0.5, 0.6) is 0 Å². The van der Waals surface area contributed by atoms with Gasteiger partial charge in [0.15, 0.2) is 0 Å².